The van der Waals surface area contributed by atoms with Gasteiger partial charge in [0.15, 0.2) is 23.2 Å². The van der Waals surface area contributed by atoms with E-state index in [2.05, 4.69) is 20.4 Å². The Balaban J connectivity index is 1.72. The number of anilines is 1. The van der Waals surface area contributed by atoms with Gasteiger partial charge in [-0.05, 0) is 11.3 Å². The van der Waals surface area contributed by atoms with Crippen LogP contribution in [0.25, 0.3) is 11.2 Å². The number of hydrogen-bond acceptors (Lipinski definition) is 9. The minimum Gasteiger partial charge on any atom is -0.491 e. The van der Waals surface area contributed by atoms with Gasteiger partial charge in [-0.3, -0.25) is 4.57 Å². The minimum atomic E-state index is -1.15. The first-order valence-electron chi connectivity index (χ1n) is 6.32. The SMILES string of the molecule is Nc1nnnc2c1ncn2[C@@H]1O[C@H](C2C=CO2)[C@@H](O)[C@H]1O. The Hall–Kier alpha value is -2.30. The quantitative estimate of drug-likeness (QED) is 0.592. The number of hydrogen-bond donors (Lipinski definition) is 3. The molecule has 5 atom stereocenters. The van der Waals surface area contributed by atoms with Gasteiger partial charge in [-0.2, -0.15) is 0 Å². The zero-order chi connectivity index (χ0) is 14.6. The van der Waals surface area contributed by atoms with E-state index in [4.69, 9.17) is 15.2 Å². The molecule has 0 spiro atoms. The van der Waals surface area contributed by atoms with E-state index in [9.17, 15) is 10.2 Å². The number of aliphatic hydroxyl groups is 2. The van der Waals surface area contributed by atoms with Crippen LogP contribution >= 0.6 is 0 Å². The average molecular weight is 292 g/mol. The highest BCUT2D eigenvalue weighted by atomic mass is 16.6. The summed E-state index contributed by atoms with van der Waals surface area (Å²) in [6.07, 6.45) is 0.519. The van der Waals surface area contributed by atoms with Crippen LogP contribution in [0.15, 0.2) is 18.7 Å². The highest BCUT2D eigenvalue weighted by molar-refractivity contribution is 5.80. The van der Waals surface area contributed by atoms with Crippen LogP contribution in [0.3, 0.4) is 0 Å². The fourth-order valence-corrected chi connectivity index (χ4v) is 2.52. The van der Waals surface area contributed by atoms with Crippen LogP contribution in [0.2, 0.25) is 0 Å². The summed E-state index contributed by atoms with van der Waals surface area (Å²) in [4.78, 5) is 4.08. The molecule has 4 N–H and O–H groups in total. The molecule has 0 bridgehead atoms. The van der Waals surface area contributed by atoms with Crippen LogP contribution in [0.5, 0.6) is 0 Å². The first-order valence-corrected chi connectivity index (χ1v) is 6.32. The lowest BCUT2D eigenvalue weighted by atomic mass is 10.0. The fourth-order valence-electron chi connectivity index (χ4n) is 2.52. The van der Waals surface area contributed by atoms with Crippen molar-refractivity contribution in [3.63, 3.8) is 0 Å². The van der Waals surface area contributed by atoms with Crippen molar-refractivity contribution in [3.05, 3.63) is 18.7 Å². The molecule has 21 heavy (non-hydrogen) atoms. The first kappa shape index (κ1) is 12.4. The molecule has 110 valence electrons. The Morgan fingerprint density at radius 2 is 2.05 bits per heavy atom. The van der Waals surface area contributed by atoms with Gasteiger partial charge in [-0.1, -0.05) is 0 Å². The Bertz CT molecular complexity index is 718. The monoisotopic (exact) mass is 292 g/mol. The van der Waals surface area contributed by atoms with Crippen LogP contribution in [0, 0.1) is 0 Å². The predicted octanol–water partition coefficient (Wildman–Crippen LogP) is -1.66. The van der Waals surface area contributed by atoms with Crippen molar-refractivity contribution in [1.29, 1.82) is 0 Å². The lowest BCUT2D eigenvalue weighted by Crippen LogP contribution is -2.40. The molecule has 0 radical (unpaired) electrons. The maximum atomic E-state index is 10.2. The molecular formula is C11H12N6O4. The number of rotatable bonds is 2. The molecule has 1 unspecified atom stereocenters. The van der Waals surface area contributed by atoms with Gasteiger partial charge in [-0.25, -0.2) is 4.98 Å². The summed E-state index contributed by atoms with van der Waals surface area (Å²) in [6, 6.07) is 0. The van der Waals surface area contributed by atoms with Gasteiger partial charge in [-0.15, -0.1) is 10.2 Å². The average Bonchev–Trinajstić information content (AvgIpc) is 2.95. The Labute approximate surface area is 117 Å². The third-order valence-electron chi connectivity index (χ3n) is 3.68. The Morgan fingerprint density at radius 1 is 1.24 bits per heavy atom. The third-order valence-corrected chi connectivity index (χ3v) is 3.68. The van der Waals surface area contributed by atoms with Gasteiger partial charge in [0.25, 0.3) is 0 Å². The minimum absolute atomic E-state index is 0.133. The van der Waals surface area contributed by atoms with Gasteiger partial charge in [0.05, 0.1) is 12.6 Å². The Kier molecular flexibility index (Phi) is 2.58. The summed E-state index contributed by atoms with van der Waals surface area (Å²) in [7, 11) is 0. The molecule has 4 rings (SSSR count). The molecule has 2 aromatic heterocycles. The van der Waals surface area contributed by atoms with E-state index >= 15 is 0 Å². The lowest BCUT2D eigenvalue weighted by molar-refractivity contribution is -0.0842. The molecule has 0 aliphatic carbocycles. The van der Waals surface area contributed by atoms with Crippen LogP contribution in [0.4, 0.5) is 5.82 Å². The molecule has 10 nitrogen and oxygen atoms in total. The standard InChI is InChI=1S/C11H12N6O4/c12-9-5-10(15-16-14-9)17(3-13-5)11-7(19)6(18)8(21-11)4-1-2-20-4/h1-4,6-8,11,18-19H,(H2,12,14,15)/t4?,6-,7+,8+,11+/m0/s1. The first-order chi connectivity index (χ1) is 10.2. The normalized spacial score (nSPS) is 34.9. The third kappa shape index (κ3) is 1.70. The Morgan fingerprint density at radius 3 is 2.76 bits per heavy atom. The molecule has 4 heterocycles. The number of fused-ring (bicyclic) bond motifs is 1. The van der Waals surface area contributed by atoms with Crippen LogP contribution in [-0.2, 0) is 9.47 Å². The van der Waals surface area contributed by atoms with Gasteiger partial charge >= 0.3 is 0 Å². The van der Waals surface area contributed by atoms with E-state index in [1.54, 1.807) is 6.08 Å². The van der Waals surface area contributed by atoms with E-state index in [-0.39, 0.29) is 11.9 Å². The number of aromatic nitrogens is 5. The molecular weight excluding hydrogens is 280 g/mol. The van der Waals surface area contributed by atoms with Gasteiger partial charge in [0.1, 0.15) is 24.4 Å². The number of nitrogen functional groups attached to an aromatic ring is 1. The van der Waals surface area contributed by atoms with E-state index in [0.29, 0.717) is 11.2 Å². The maximum Gasteiger partial charge on any atom is 0.190 e. The molecule has 0 amide bonds. The molecule has 10 heteroatoms. The van der Waals surface area contributed by atoms with Crippen molar-refractivity contribution >= 4 is 17.0 Å². The highest BCUT2D eigenvalue weighted by Gasteiger charge is 2.48. The van der Waals surface area contributed by atoms with Crippen molar-refractivity contribution in [2.24, 2.45) is 0 Å². The summed E-state index contributed by atoms with van der Waals surface area (Å²) < 4.78 is 12.3. The number of nitrogens with two attached hydrogens (primary N) is 1. The molecule has 0 aromatic carbocycles. The fraction of sp³-hybridized carbons (Fsp3) is 0.455. The van der Waals surface area contributed by atoms with Crippen molar-refractivity contribution < 1.29 is 19.7 Å². The summed E-state index contributed by atoms with van der Waals surface area (Å²) in [5.41, 5.74) is 6.35. The van der Waals surface area contributed by atoms with Gasteiger partial charge in [0, 0.05) is 0 Å². The van der Waals surface area contributed by atoms with Crippen molar-refractivity contribution in [2.45, 2.75) is 30.6 Å². The molecule has 1 saturated heterocycles. The number of nitrogens with zero attached hydrogens (tertiary/aromatic N) is 5. The van der Waals surface area contributed by atoms with Crippen LogP contribution < -0.4 is 5.73 Å². The smallest absolute Gasteiger partial charge is 0.190 e. The van der Waals surface area contributed by atoms with Crippen LogP contribution in [0.1, 0.15) is 6.23 Å². The molecule has 2 aliphatic heterocycles. The van der Waals surface area contributed by atoms with E-state index < -0.39 is 24.5 Å². The summed E-state index contributed by atoms with van der Waals surface area (Å²) >= 11 is 0. The second-order valence-electron chi connectivity index (χ2n) is 4.90. The van der Waals surface area contributed by atoms with Crippen LogP contribution in [-0.4, -0.2) is 59.6 Å². The van der Waals surface area contributed by atoms with Crippen molar-refractivity contribution in [1.82, 2.24) is 25.0 Å². The molecule has 1 fully saturated rings. The second-order valence-corrected chi connectivity index (χ2v) is 4.90. The highest BCUT2D eigenvalue weighted by Crippen LogP contribution is 2.35. The second kappa shape index (κ2) is 4.35. The van der Waals surface area contributed by atoms with Gasteiger partial charge in [0.2, 0.25) is 0 Å². The topological polar surface area (TPSA) is 141 Å². The number of imidazole rings is 1. The summed E-state index contributed by atoms with van der Waals surface area (Å²) in [5, 5.41) is 31.3. The number of ether oxygens (including phenoxy) is 2. The lowest BCUT2D eigenvalue weighted by Gasteiger charge is -2.27. The van der Waals surface area contributed by atoms with E-state index in [0.717, 1.165) is 0 Å². The van der Waals surface area contributed by atoms with Crippen molar-refractivity contribution in [3.8, 4) is 0 Å². The van der Waals surface area contributed by atoms with E-state index in [1.165, 1.54) is 17.2 Å². The molecule has 0 saturated carbocycles. The van der Waals surface area contributed by atoms with Crippen molar-refractivity contribution in [2.75, 3.05) is 5.73 Å². The largest absolute Gasteiger partial charge is 0.491 e. The molecule has 2 aliphatic rings. The van der Waals surface area contributed by atoms with Gasteiger partial charge < -0.3 is 25.4 Å². The maximum absolute atomic E-state index is 10.2. The summed E-state index contributed by atoms with van der Waals surface area (Å²) in [6.45, 7) is 0. The molecule has 2 aromatic rings. The predicted molar refractivity (Wildman–Crippen MR) is 67.5 cm³/mol. The summed E-state index contributed by atoms with van der Waals surface area (Å²) in [5.74, 6) is 0.133. The zero-order valence-electron chi connectivity index (χ0n) is 10.6. The zero-order valence-corrected chi connectivity index (χ0v) is 10.6. The number of aliphatic hydroxyl groups excluding tert-OH is 2. The van der Waals surface area contributed by atoms with E-state index in [1.807, 2.05) is 0 Å².